The molecule has 1 aromatic rings. The van der Waals surface area contributed by atoms with Gasteiger partial charge in [0.15, 0.2) is 0 Å². The summed E-state index contributed by atoms with van der Waals surface area (Å²) >= 11 is 0. The smallest absolute Gasteiger partial charge is 0.0887 e. The molecule has 4 aliphatic heterocycles. The van der Waals surface area contributed by atoms with Crippen LogP contribution in [0.4, 0.5) is 5.69 Å². The van der Waals surface area contributed by atoms with Crippen LogP contribution in [-0.4, -0.2) is 52.4 Å². The first-order valence-corrected chi connectivity index (χ1v) is 9.63. The minimum Gasteiger partial charge on any atom is -0.733 e. The molecule has 6 nitrogen and oxygen atoms in total. The Morgan fingerprint density at radius 1 is 0.962 bits per heavy atom. The average molecular weight is 360 g/mol. The van der Waals surface area contributed by atoms with E-state index in [1.807, 2.05) is 12.1 Å². The third-order valence-corrected chi connectivity index (χ3v) is 7.48. The Bertz CT molecular complexity index is 629. The monoisotopic (exact) mass is 360 g/mol. The molecule has 2 N–H and O–H groups in total. The molecule has 144 valence electrons. The quantitative estimate of drug-likeness (QED) is 0.804. The predicted octanol–water partition coefficient (Wildman–Crippen LogP) is 2.67. The molecule has 4 aliphatic rings. The maximum atomic E-state index is 11.4. The molecule has 26 heavy (non-hydrogen) atoms. The number of benzene rings is 1. The fourth-order valence-electron chi connectivity index (χ4n) is 5.78. The molecule has 0 atom stereocenters. The maximum Gasteiger partial charge on any atom is 0.0887 e. The second-order valence-electron chi connectivity index (χ2n) is 9.23. The Kier molecular flexibility index (Phi) is 4.13. The van der Waals surface area contributed by atoms with Crippen molar-refractivity contribution >= 4 is 5.69 Å². The molecule has 5 rings (SSSR count). The van der Waals surface area contributed by atoms with E-state index in [1.54, 1.807) is 12.1 Å². The summed E-state index contributed by atoms with van der Waals surface area (Å²) in [5.74, 6) is 0.820. The molecule has 4 fully saturated rings. The lowest BCUT2D eigenvalue weighted by atomic mass is 9.52. The molecular formula is C20H30N3O3-. The van der Waals surface area contributed by atoms with Crippen LogP contribution in [0.25, 0.3) is 0 Å². The molecule has 0 aliphatic carbocycles. The molecule has 0 spiro atoms. The molecule has 4 heterocycles. The molecule has 0 amide bonds. The zero-order valence-corrected chi connectivity index (χ0v) is 16.1. The second-order valence-corrected chi connectivity index (χ2v) is 9.23. The Labute approximate surface area is 155 Å². The lowest BCUT2D eigenvalue weighted by Crippen LogP contribution is -2.80. The predicted molar refractivity (Wildman–Crippen MR) is 101 cm³/mol. The average Bonchev–Trinajstić information content (AvgIpc) is 2.58. The normalized spacial score (nSPS) is 41.3. The van der Waals surface area contributed by atoms with Gasteiger partial charge >= 0.3 is 0 Å². The number of hydrogen-bond acceptors (Lipinski definition) is 6. The van der Waals surface area contributed by atoms with Crippen molar-refractivity contribution in [2.45, 2.75) is 40.0 Å². The van der Waals surface area contributed by atoms with Crippen LogP contribution in [0.2, 0.25) is 0 Å². The molecular weight excluding hydrogens is 330 g/mol. The minimum atomic E-state index is -0.269. The van der Waals surface area contributed by atoms with Gasteiger partial charge in [-0.2, -0.15) is 0 Å². The van der Waals surface area contributed by atoms with Crippen molar-refractivity contribution in [2.75, 3.05) is 31.4 Å². The van der Waals surface area contributed by atoms with Crippen molar-refractivity contribution in [3.8, 4) is 0 Å². The molecule has 4 bridgehead atoms. The first kappa shape index (κ1) is 18.2. The molecule has 6 heteroatoms. The minimum absolute atomic E-state index is 0.0892. The zero-order chi connectivity index (χ0) is 18.9. The maximum absolute atomic E-state index is 11.4. The van der Waals surface area contributed by atoms with Crippen molar-refractivity contribution in [2.24, 2.45) is 22.7 Å². The summed E-state index contributed by atoms with van der Waals surface area (Å²) in [4.78, 5) is 5.03. The topological polar surface area (TPSA) is 73.2 Å². The van der Waals surface area contributed by atoms with Crippen molar-refractivity contribution in [1.82, 2.24) is 9.80 Å². The number of hydrogen-bond donors (Lipinski definition) is 2. The fourth-order valence-corrected chi connectivity index (χ4v) is 5.78. The van der Waals surface area contributed by atoms with Gasteiger partial charge in [-0.3, -0.25) is 15.0 Å². The van der Waals surface area contributed by atoms with E-state index >= 15 is 0 Å². The molecule has 0 saturated carbocycles. The number of nitrogens with zero attached hydrogens (tertiary/aromatic N) is 3. The van der Waals surface area contributed by atoms with Crippen LogP contribution in [0.1, 0.15) is 39.4 Å². The Morgan fingerprint density at radius 2 is 1.38 bits per heavy atom. The van der Waals surface area contributed by atoms with E-state index in [4.69, 9.17) is 5.21 Å². The van der Waals surface area contributed by atoms with Gasteiger partial charge in [0.05, 0.1) is 18.0 Å². The molecule has 0 aromatic heterocycles. The number of rotatable bonds is 4. The van der Waals surface area contributed by atoms with Crippen LogP contribution < -0.4 is 5.23 Å². The fraction of sp³-hybridized carbons (Fsp3) is 0.700. The van der Waals surface area contributed by atoms with E-state index < -0.39 is 0 Å². The van der Waals surface area contributed by atoms with E-state index in [9.17, 15) is 10.3 Å². The van der Waals surface area contributed by atoms with Gasteiger partial charge in [-0.25, -0.2) is 0 Å². The van der Waals surface area contributed by atoms with Crippen LogP contribution in [-0.2, 0) is 0 Å². The lowest BCUT2D eigenvalue weighted by Gasteiger charge is -2.71. The van der Waals surface area contributed by atoms with Gasteiger partial charge in [-0.15, -0.1) is 0 Å². The number of aliphatic hydroxyl groups is 1. The molecule has 4 saturated heterocycles. The highest BCUT2D eigenvalue weighted by Crippen LogP contribution is 2.59. The van der Waals surface area contributed by atoms with Crippen LogP contribution in [0, 0.1) is 27.9 Å². The van der Waals surface area contributed by atoms with Gasteiger partial charge in [0.2, 0.25) is 0 Å². The highest BCUT2D eigenvalue weighted by molar-refractivity contribution is 5.46. The van der Waals surface area contributed by atoms with E-state index in [2.05, 4.69) is 37.5 Å². The van der Waals surface area contributed by atoms with Gasteiger partial charge in [-0.05, 0) is 29.5 Å². The summed E-state index contributed by atoms with van der Waals surface area (Å²) in [6.45, 7) is 12.5. The Balaban J connectivity index is 1.71. The summed E-state index contributed by atoms with van der Waals surface area (Å²) in [5, 5.41) is 31.5. The summed E-state index contributed by atoms with van der Waals surface area (Å²) < 4.78 is 0. The van der Waals surface area contributed by atoms with Crippen LogP contribution >= 0.6 is 0 Å². The summed E-state index contributed by atoms with van der Waals surface area (Å²) in [5.41, 5.74) is 1.21. The highest BCUT2D eigenvalue weighted by atomic mass is 16.8. The van der Waals surface area contributed by atoms with Gasteiger partial charge in [-0.1, -0.05) is 39.8 Å². The second kappa shape index (κ2) is 5.91. The lowest BCUT2D eigenvalue weighted by molar-refractivity contribution is -0.287. The van der Waals surface area contributed by atoms with E-state index in [1.165, 1.54) is 0 Å². The van der Waals surface area contributed by atoms with Gasteiger partial charge in [0.25, 0.3) is 0 Å². The standard InChI is InChI=1S/C20H30N3O3/c1-13(2)19-9-21-11-20(14(3)4,18(19)24)12-22(10-19)17(21)15-5-7-16(8-6-15)23(25)26/h5-8,13-14,17-18,24-25H,9-12H2,1-4H3/q-1. The number of anilines is 1. The largest absolute Gasteiger partial charge is 0.733 e. The highest BCUT2D eigenvalue weighted by Gasteiger charge is 2.66. The van der Waals surface area contributed by atoms with Crippen LogP contribution in [0.15, 0.2) is 24.3 Å². The van der Waals surface area contributed by atoms with Gasteiger partial charge in [0.1, 0.15) is 0 Å². The molecule has 0 unspecified atom stereocenters. The summed E-state index contributed by atoms with van der Waals surface area (Å²) in [6.07, 6.45) is -0.0941. The SMILES string of the molecule is CC(C)C12CN3CC(C(C)C)(CN(C1)C3c1ccc(N([O-])O)cc1)C2O. The van der Waals surface area contributed by atoms with Crippen molar-refractivity contribution in [1.29, 1.82) is 0 Å². The third-order valence-electron chi connectivity index (χ3n) is 7.48. The molecule has 1 aromatic carbocycles. The van der Waals surface area contributed by atoms with E-state index in [0.717, 1.165) is 31.7 Å². The van der Waals surface area contributed by atoms with E-state index in [0.29, 0.717) is 11.8 Å². The summed E-state index contributed by atoms with van der Waals surface area (Å²) in [7, 11) is 0. The van der Waals surface area contributed by atoms with Crippen LogP contribution in [0.5, 0.6) is 0 Å². The number of piperidine rings is 2. The van der Waals surface area contributed by atoms with Crippen LogP contribution in [0.3, 0.4) is 0 Å². The Morgan fingerprint density at radius 3 is 1.73 bits per heavy atom. The van der Waals surface area contributed by atoms with Crippen molar-refractivity contribution < 1.29 is 10.3 Å². The third kappa shape index (κ3) is 2.29. The first-order valence-electron chi connectivity index (χ1n) is 9.63. The first-order chi connectivity index (χ1) is 12.2. The zero-order valence-electron chi connectivity index (χ0n) is 16.1. The van der Waals surface area contributed by atoms with Gasteiger partial charge in [0, 0.05) is 37.0 Å². The van der Waals surface area contributed by atoms with Crippen molar-refractivity contribution in [3.05, 3.63) is 35.0 Å². The van der Waals surface area contributed by atoms with Crippen molar-refractivity contribution in [3.63, 3.8) is 0 Å². The molecule has 0 radical (unpaired) electrons. The Hall–Kier alpha value is -1.18. The summed E-state index contributed by atoms with van der Waals surface area (Å²) in [6, 6.07) is 7.20. The number of aliphatic hydroxyl groups excluding tert-OH is 1. The van der Waals surface area contributed by atoms with E-state index in [-0.39, 0.29) is 34.0 Å². The van der Waals surface area contributed by atoms with Gasteiger partial charge < -0.3 is 15.5 Å².